The van der Waals surface area contributed by atoms with E-state index < -0.39 is 0 Å². The third-order valence-corrected chi connectivity index (χ3v) is 6.41. The minimum absolute atomic E-state index is 0.0176. The fourth-order valence-corrected chi connectivity index (χ4v) is 4.77. The molecular weight excluding hydrogens is 340 g/mol. The van der Waals surface area contributed by atoms with Crippen LogP contribution in [0.1, 0.15) is 62.1 Å². The van der Waals surface area contributed by atoms with Crippen LogP contribution in [0.25, 0.3) is 0 Å². The molecule has 6 nitrogen and oxygen atoms in total. The van der Waals surface area contributed by atoms with E-state index in [1.807, 2.05) is 18.0 Å². The van der Waals surface area contributed by atoms with Crippen LogP contribution >= 0.6 is 0 Å². The molecule has 1 atom stereocenters. The summed E-state index contributed by atoms with van der Waals surface area (Å²) in [5.74, 6) is 1.54. The monoisotopic (exact) mass is 372 g/mol. The maximum atomic E-state index is 13.2. The Kier molecular flexibility index (Phi) is 4.77. The number of aromatic nitrogens is 2. The summed E-state index contributed by atoms with van der Waals surface area (Å²) < 4.78 is 1.70. The number of aryl methyl sites for hydroxylation is 1. The Hall–Kier alpha value is -1.85. The molecule has 3 heterocycles. The zero-order valence-electron chi connectivity index (χ0n) is 16.9. The molecule has 4 rings (SSSR count). The topological polar surface area (TPSA) is 58.4 Å². The predicted octanol–water partition coefficient (Wildman–Crippen LogP) is 2.48. The van der Waals surface area contributed by atoms with Crippen LogP contribution in [0.2, 0.25) is 0 Å². The molecule has 3 aliphatic rings. The Morgan fingerprint density at radius 2 is 2.07 bits per heavy atom. The number of amides is 2. The molecule has 1 spiro atoms. The number of carbonyl (C=O) groups is 2. The summed E-state index contributed by atoms with van der Waals surface area (Å²) in [6, 6.07) is 1.93. The standard InChI is InChI=1S/C21H32N4O2/c1-15(2)11-17-12-18(23(3)22-17)19(26)25-10-8-21(14-25)7-4-9-24(20(21)27)13-16-5-6-16/h12,15-16H,4-11,13-14H2,1-3H3/t21-/m1/s1. The van der Waals surface area contributed by atoms with Crippen molar-refractivity contribution in [1.82, 2.24) is 19.6 Å². The first-order chi connectivity index (χ1) is 12.9. The molecule has 0 aromatic carbocycles. The number of piperidine rings is 1. The lowest BCUT2D eigenvalue weighted by Crippen LogP contribution is -2.51. The van der Waals surface area contributed by atoms with Gasteiger partial charge in [0.25, 0.3) is 5.91 Å². The summed E-state index contributed by atoms with van der Waals surface area (Å²) in [5, 5.41) is 4.51. The average molecular weight is 373 g/mol. The molecule has 0 bridgehead atoms. The SMILES string of the molecule is CC(C)Cc1cc(C(=O)N2CC[C@]3(CCCN(CC4CC4)C3=O)C2)n(C)n1. The van der Waals surface area contributed by atoms with Gasteiger partial charge in [0.1, 0.15) is 5.69 Å². The van der Waals surface area contributed by atoms with Gasteiger partial charge in [0.05, 0.1) is 11.1 Å². The Balaban J connectivity index is 1.46. The van der Waals surface area contributed by atoms with Crippen molar-refractivity contribution in [2.45, 2.75) is 52.4 Å². The zero-order valence-corrected chi connectivity index (χ0v) is 16.9. The summed E-state index contributed by atoms with van der Waals surface area (Å²) >= 11 is 0. The van der Waals surface area contributed by atoms with Gasteiger partial charge in [-0.15, -0.1) is 0 Å². The molecule has 6 heteroatoms. The Morgan fingerprint density at radius 3 is 2.78 bits per heavy atom. The van der Waals surface area contributed by atoms with Gasteiger partial charge in [0.15, 0.2) is 0 Å². The van der Waals surface area contributed by atoms with Crippen molar-refractivity contribution in [3.05, 3.63) is 17.5 Å². The van der Waals surface area contributed by atoms with E-state index in [9.17, 15) is 9.59 Å². The summed E-state index contributed by atoms with van der Waals surface area (Å²) in [6.07, 6.45) is 6.18. The van der Waals surface area contributed by atoms with Crippen LogP contribution in [-0.2, 0) is 18.3 Å². The van der Waals surface area contributed by atoms with Crippen LogP contribution in [0.15, 0.2) is 6.07 Å². The van der Waals surface area contributed by atoms with Crippen molar-refractivity contribution in [2.24, 2.45) is 24.3 Å². The van der Waals surface area contributed by atoms with E-state index in [4.69, 9.17) is 0 Å². The van der Waals surface area contributed by atoms with E-state index >= 15 is 0 Å². The molecule has 2 amide bonds. The predicted molar refractivity (Wildman–Crippen MR) is 103 cm³/mol. The van der Waals surface area contributed by atoms with Gasteiger partial charge >= 0.3 is 0 Å². The molecule has 3 fully saturated rings. The van der Waals surface area contributed by atoms with Crippen LogP contribution in [0.5, 0.6) is 0 Å². The van der Waals surface area contributed by atoms with Gasteiger partial charge in [0, 0.05) is 33.2 Å². The fourth-order valence-electron chi connectivity index (χ4n) is 4.77. The first kappa shape index (κ1) is 18.5. The van der Waals surface area contributed by atoms with Crippen molar-refractivity contribution < 1.29 is 9.59 Å². The second-order valence-electron chi connectivity index (χ2n) is 9.30. The number of rotatable bonds is 5. The molecule has 1 saturated carbocycles. The first-order valence-corrected chi connectivity index (χ1v) is 10.5. The highest BCUT2D eigenvalue weighted by molar-refractivity contribution is 5.94. The quantitative estimate of drug-likeness (QED) is 0.798. The van der Waals surface area contributed by atoms with Crippen LogP contribution in [0.3, 0.4) is 0 Å². The molecule has 2 saturated heterocycles. The fraction of sp³-hybridized carbons (Fsp3) is 0.762. The molecule has 0 N–H and O–H groups in total. The maximum absolute atomic E-state index is 13.2. The lowest BCUT2D eigenvalue weighted by atomic mass is 9.78. The third kappa shape index (κ3) is 3.63. The molecular formula is C21H32N4O2. The molecule has 0 radical (unpaired) electrons. The van der Waals surface area contributed by atoms with Crippen molar-refractivity contribution in [3.8, 4) is 0 Å². The van der Waals surface area contributed by atoms with Gasteiger partial charge in [-0.2, -0.15) is 5.10 Å². The van der Waals surface area contributed by atoms with Gasteiger partial charge < -0.3 is 9.80 Å². The summed E-state index contributed by atoms with van der Waals surface area (Å²) in [4.78, 5) is 30.3. The van der Waals surface area contributed by atoms with E-state index in [2.05, 4.69) is 23.8 Å². The number of likely N-dealkylation sites (tertiary alicyclic amines) is 2. The van der Waals surface area contributed by atoms with Crippen LogP contribution in [-0.4, -0.2) is 57.6 Å². The minimum Gasteiger partial charge on any atom is -0.342 e. The van der Waals surface area contributed by atoms with Crippen molar-refractivity contribution in [3.63, 3.8) is 0 Å². The summed E-state index contributed by atoms with van der Waals surface area (Å²) in [6.45, 7) is 7.37. The Labute approximate surface area is 161 Å². The van der Waals surface area contributed by atoms with E-state index in [0.717, 1.165) is 50.4 Å². The average Bonchev–Trinajstić information content (AvgIpc) is 3.21. The van der Waals surface area contributed by atoms with Gasteiger partial charge in [-0.05, 0) is 56.4 Å². The van der Waals surface area contributed by atoms with E-state index in [-0.39, 0.29) is 11.3 Å². The lowest BCUT2D eigenvalue weighted by molar-refractivity contribution is -0.145. The minimum atomic E-state index is -0.345. The van der Waals surface area contributed by atoms with Crippen molar-refractivity contribution >= 4 is 11.8 Å². The van der Waals surface area contributed by atoms with Gasteiger partial charge in [0.2, 0.25) is 5.91 Å². The Bertz CT molecular complexity index is 737. The first-order valence-electron chi connectivity index (χ1n) is 10.5. The molecule has 0 unspecified atom stereocenters. The van der Waals surface area contributed by atoms with E-state index in [1.54, 1.807) is 4.68 Å². The highest BCUT2D eigenvalue weighted by Gasteiger charge is 2.50. The second kappa shape index (κ2) is 6.95. The third-order valence-electron chi connectivity index (χ3n) is 6.41. The van der Waals surface area contributed by atoms with E-state index in [1.165, 1.54) is 12.8 Å². The van der Waals surface area contributed by atoms with Gasteiger partial charge in [-0.1, -0.05) is 13.8 Å². The highest BCUT2D eigenvalue weighted by atomic mass is 16.2. The maximum Gasteiger partial charge on any atom is 0.272 e. The number of nitrogens with zero attached hydrogens (tertiary/aromatic N) is 4. The summed E-state index contributed by atoms with van der Waals surface area (Å²) in [7, 11) is 1.84. The molecule has 1 aromatic heterocycles. The van der Waals surface area contributed by atoms with E-state index in [0.29, 0.717) is 30.6 Å². The normalized spacial score (nSPS) is 25.9. The molecule has 148 valence electrons. The molecule has 27 heavy (non-hydrogen) atoms. The van der Waals surface area contributed by atoms with Crippen LogP contribution < -0.4 is 0 Å². The number of carbonyl (C=O) groups excluding carboxylic acids is 2. The zero-order chi connectivity index (χ0) is 19.2. The smallest absolute Gasteiger partial charge is 0.272 e. The van der Waals surface area contributed by atoms with Crippen molar-refractivity contribution in [2.75, 3.05) is 26.2 Å². The summed E-state index contributed by atoms with van der Waals surface area (Å²) in [5.41, 5.74) is 1.26. The molecule has 1 aromatic rings. The second-order valence-corrected chi connectivity index (χ2v) is 9.30. The number of hydrogen-bond acceptors (Lipinski definition) is 3. The van der Waals surface area contributed by atoms with Crippen LogP contribution in [0.4, 0.5) is 0 Å². The van der Waals surface area contributed by atoms with Gasteiger partial charge in [-0.3, -0.25) is 14.3 Å². The number of hydrogen-bond donors (Lipinski definition) is 0. The Morgan fingerprint density at radius 1 is 1.30 bits per heavy atom. The van der Waals surface area contributed by atoms with Gasteiger partial charge in [-0.25, -0.2) is 0 Å². The lowest BCUT2D eigenvalue weighted by Gasteiger charge is -2.39. The highest BCUT2D eigenvalue weighted by Crippen LogP contribution is 2.42. The van der Waals surface area contributed by atoms with Crippen LogP contribution in [0, 0.1) is 17.3 Å². The largest absolute Gasteiger partial charge is 0.342 e. The molecule has 2 aliphatic heterocycles. The molecule has 1 aliphatic carbocycles. The van der Waals surface area contributed by atoms with Crippen molar-refractivity contribution in [1.29, 1.82) is 0 Å².